The first-order valence-corrected chi connectivity index (χ1v) is 10.4. The fraction of sp³-hybridized carbons (Fsp3) is 0.364. The summed E-state index contributed by atoms with van der Waals surface area (Å²) in [5.74, 6) is -43.9. The zero-order chi connectivity index (χ0) is 32.3. The molecule has 0 aliphatic heterocycles. The molecule has 19 heteroatoms. The molecule has 0 aliphatic rings. The minimum atomic E-state index is -7.59. The van der Waals surface area contributed by atoms with E-state index in [4.69, 9.17) is 0 Å². The monoisotopic (exact) mass is 628 g/mol. The Kier molecular flexibility index (Phi) is 8.39. The Balaban J connectivity index is 2.88. The lowest BCUT2D eigenvalue weighted by molar-refractivity contribution is -0.400. The van der Waals surface area contributed by atoms with E-state index < -0.39 is 90.0 Å². The molecule has 0 nitrogen and oxygen atoms in total. The van der Waals surface area contributed by atoms with Crippen molar-refractivity contribution >= 4 is 24.3 Å². The lowest BCUT2D eigenvalue weighted by Gasteiger charge is -2.36. The van der Waals surface area contributed by atoms with E-state index in [1.54, 1.807) is 0 Å². The van der Waals surface area contributed by atoms with Crippen molar-refractivity contribution in [2.75, 3.05) is 0 Å². The third kappa shape index (κ3) is 5.47. The molecule has 0 atom stereocenters. The lowest BCUT2D eigenvalue weighted by Crippen LogP contribution is -2.60. The van der Waals surface area contributed by atoms with Gasteiger partial charge in [-0.25, -0.2) is 0 Å². The molecule has 0 amide bonds. The van der Waals surface area contributed by atoms with E-state index in [-0.39, 0.29) is 5.46 Å². The van der Waals surface area contributed by atoms with Gasteiger partial charge in [-0.2, -0.15) is 79.0 Å². The second kappa shape index (κ2) is 10.1. The van der Waals surface area contributed by atoms with Gasteiger partial charge in [0.15, 0.2) is 7.28 Å². The molecule has 2 aromatic rings. The van der Waals surface area contributed by atoms with Crippen molar-refractivity contribution in [3.05, 3.63) is 65.7 Å². The Morgan fingerprint density at radius 3 is 1.10 bits per heavy atom. The zero-order valence-electron chi connectivity index (χ0n) is 19.3. The van der Waals surface area contributed by atoms with Gasteiger partial charge in [0.1, 0.15) is 0 Å². The first-order valence-electron chi connectivity index (χ1n) is 10.4. The summed E-state index contributed by atoms with van der Waals surface area (Å²) in [6, 6.07) is 2.42. The summed E-state index contributed by atoms with van der Waals surface area (Å²) >= 11 is 0. The topological polar surface area (TPSA) is 0 Å². The molecule has 0 spiro atoms. The number of hydrogen-bond acceptors (Lipinski definition) is 0. The van der Waals surface area contributed by atoms with E-state index in [1.165, 1.54) is 18.2 Å². The smallest absolute Gasteiger partial charge is 0.194 e. The van der Waals surface area contributed by atoms with Crippen molar-refractivity contribution in [3.63, 3.8) is 0 Å². The normalized spacial score (nSPS) is 14.7. The van der Waals surface area contributed by atoms with Crippen molar-refractivity contribution in [2.45, 2.75) is 47.9 Å². The second-order valence-electron chi connectivity index (χ2n) is 8.48. The van der Waals surface area contributed by atoms with Crippen molar-refractivity contribution in [1.29, 1.82) is 0 Å². The van der Waals surface area contributed by atoms with Crippen molar-refractivity contribution in [1.82, 2.24) is 0 Å². The highest BCUT2D eigenvalue weighted by Gasteiger charge is 2.83. The van der Waals surface area contributed by atoms with Crippen LogP contribution in [0.5, 0.6) is 0 Å². The molecular formula is C22H11BF18. The minimum absolute atomic E-state index is 0.176. The summed E-state index contributed by atoms with van der Waals surface area (Å²) < 4.78 is 243. The Hall–Kier alpha value is -3.02. The molecule has 2 rings (SSSR count). The van der Waals surface area contributed by atoms with Gasteiger partial charge in [-0.3, -0.25) is 0 Å². The van der Waals surface area contributed by atoms with Crippen LogP contribution in [0.15, 0.2) is 49.0 Å². The number of alkyl halides is 18. The maximum absolute atomic E-state index is 14.6. The van der Waals surface area contributed by atoms with Crippen molar-refractivity contribution < 1.29 is 79.0 Å². The molecule has 0 aliphatic carbocycles. The van der Waals surface area contributed by atoms with Gasteiger partial charge in [0.05, 0.1) is 0 Å². The molecular weight excluding hydrogens is 617 g/mol. The van der Waals surface area contributed by atoms with E-state index in [9.17, 15) is 79.0 Å². The van der Waals surface area contributed by atoms with Gasteiger partial charge >= 0.3 is 47.9 Å². The van der Waals surface area contributed by atoms with Gasteiger partial charge in [-0.05, 0) is 11.6 Å². The summed E-state index contributed by atoms with van der Waals surface area (Å²) in [4.78, 5) is 0. The highest BCUT2D eigenvalue weighted by Crippen LogP contribution is 2.59. The molecule has 0 bridgehead atoms. The summed E-state index contributed by atoms with van der Waals surface area (Å²) in [7, 11) is -1.05. The summed E-state index contributed by atoms with van der Waals surface area (Å²) in [6.07, 6.45) is -13.5. The van der Waals surface area contributed by atoms with Crippen LogP contribution in [0.3, 0.4) is 0 Å². The van der Waals surface area contributed by atoms with Crippen molar-refractivity contribution in [3.8, 4) is 0 Å². The van der Waals surface area contributed by atoms with Gasteiger partial charge < -0.3 is 0 Å². The molecule has 0 N–H and O–H groups in total. The largest absolute Gasteiger partial charge is 0.460 e. The predicted octanol–water partition coefficient (Wildman–Crippen LogP) is 7.57. The van der Waals surface area contributed by atoms with Crippen LogP contribution in [0.25, 0.3) is 6.08 Å². The Bertz CT molecular complexity index is 1190. The molecule has 41 heavy (non-hydrogen) atoms. The Morgan fingerprint density at radius 1 is 0.463 bits per heavy atom. The SMILES string of the molecule is C=Cc1ccc(Bc2cc(C(F)(F)C(F)(F)C(F)(F)C(F)(F)F)cc(C(F)(F)C(F)(F)C(F)(F)C(F)(F)F)c2)cc1. The van der Waals surface area contributed by atoms with E-state index in [0.717, 1.165) is 12.1 Å². The molecule has 0 fully saturated rings. The van der Waals surface area contributed by atoms with Crippen LogP contribution in [0.4, 0.5) is 79.0 Å². The van der Waals surface area contributed by atoms with Crippen LogP contribution in [0, 0.1) is 0 Å². The van der Waals surface area contributed by atoms with Gasteiger partial charge in [0, 0.05) is 11.1 Å². The molecule has 0 saturated heterocycles. The van der Waals surface area contributed by atoms with E-state index in [0.29, 0.717) is 5.56 Å². The molecule has 0 unspecified atom stereocenters. The van der Waals surface area contributed by atoms with E-state index in [1.807, 2.05) is 0 Å². The van der Waals surface area contributed by atoms with Crippen LogP contribution in [-0.4, -0.2) is 43.3 Å². The van der Waals surface area contributed by atoms with Crippen LogP contribution in [-0.2, 0) is 11.8 Å². The van der Waals surface area contributed by atoms with E-state index >= 15 is 0 Å². The highest BCUT2D eigenvalue weighted by molar-refractivity contribution is 6.67. The maximum Gasteiger partial charge on any atom is 0.460 e. The number of halogens is 18. The standard InChI is InChI=1S/C22H11BF18/c1-2-10-3-5-13(6-4-10)23-14-8-11(15(24,25)17(28,29)19(32,33)21(36,37)38)7-12(9-14)16(26,27)18(30,31)20(34,35)22(39,40)41/h2-9,23H,1H2. The average molecular weight is 628 g/mol. The summed E-state index contributed by atoms with van der Waals surface area (Å²) in [5, 5.41) is 0. The molecule has 2 aromatic carbocycles. The molecule has 228 valence electrons. The third-order valence-corrected chi connectivity index (χ3v) is 5.63. The lowest BCUT2D eigenvalue weighted by atomic mass is 9.63. The fourth-order valence-electron chi connectivity index (χ4n) is 3.28. The maximum atomic E-state index is 14.6. The quantitative estimate of drug-likeness (QED) is 0.199. The highest BCUT2D eigenvalue weighted by atomic mass is 19.4. The molecule has 0 saturated carbocycles. The number of benzene rings is 2. The average Bonchev–Trinajstić information content (AvgIpc) is 2.82. The van der Waals surface area contributed by atoms with Crippen molar-refractivity contribution in [2.24, 2.45) is 0 Å². The summed E-state index contributed by atoms with van der Waals surface area (Å²) in [5.41, 5.74) is -7.00. The van der Waals surface area contributed by atoms with Gasteiger partial charge in [-0.15, -0.1) is 0 Å². The molecule has 0 radical (unpaired) electrons. The number of rotatable bonds is 9. The van der Waals surface area contributed by atoms with Crippen LogP contribution in [0.2, 0.25) is 0 Å². The van der Waals surface area contributed by atoms with Crippen LogP contribution >= 0.6 is 0 Å². The fourth-order valence-corrected chi connectivity index (χ4v) is 3.28. The number of hydrogen-bond donors (Lipinski definition) is 0. The van der Waals surface area contributed by atoms with E-state index in [2.05, 4.69) is 6.58 Å². The van der Waals surface area contributed by atoms with Gasteiger partial charge in [0.25, 0.3) is 0 Å². The van der Waals surface area contributed by atoms with Crippen LogP contribution < -0.4 is 10.9 Å². The van der Waals surface area contributed by atoms with Crippen LogP contribution in [0.1, 0.15) is 16.7 Å². The first kappa shape index (κ1) is 34.2. The zero-order valence-corrected chi connectivity index (χ0v) is 19.3. The third-order valence-electron chi connectivity index (χ3n) is 5.63. The Morgan fingerprint density at radius 2 is 0.805 bits per heavy atom. The van der Waals surface area contributed by atoms with Gasteiger partial charge in [0.2, 0.25) is 0 Å². The predicted molar refractivity (Wildman–Crippen MR) is 109 cm³/mol. The molecule has 0 heterocycles. The first-order chi connectivity index (χ1) is 18.1. The minimum Gasteiger partial charge on any atom is -0.194 e. The van der Waals surface area contributed by atoms with Gasteiger partial charge in [-0.1, -0.05) is 60.0 Å². The molecule has 0 aromatic heterocycles. The second-order valence-corrected chi connectivity index (χ2v) is 8.48. The Labute approximate surface area is 217 Å². The summed E-state index contributed by atoms with van der Waals surface area (Å²) in [6.45, 7) is 3.35.